The van der Waals surface area contributed by atoms with Crippen LogP contribution in [0, 0.1) is 0 Å². The lowest BCUT2D eigenvalue weighted by molar-refractivity contribution is 0.669. The van der Waals surface area contributed by atoms with Gasteiger partial charge in [0.15, 0.2) is 5.82 Å². The Hall–Kier alpha value is -7.56. The van der Waals surface area contributed by atoms with Crippen LogP contribution in [0.25, 0.3) is 116 Å². The topological polar surface area (TPSA) is 43.3 Å². The van der Waals surface area contributed by atoms with E-state index in [1.165, 1.54) is 49.2 Å². The van der Waals surface area contributed by atoms with Crippen LogP contribution in [0.2, 0.25) is 0 Å². The number of benzene rings is 8. The van der Waals surface area contributed by atoms with E-state index in [0.29, 0.717) is 5.82 Å². The van der Waals surface area contributed by atoms with Crippen molar-refractivity contribution in [1.82, 2.24) is 14.4 Å². The fourth-order valence-electron chi connectivity index (χ4n) is 8.81. The highest BCUT2D eigenvalue weighted by Crippen LogP contribution is 2.44. The molecule has 0 N–H and O–H groups in total. The van der Waals surface area contributed by atoms with Gasteiger partial charge in [-0.25, -0.2) is 9.97 Å². The van der Waals surface area contributed by atoms with Crippen molar-refractivity contribution in [1.29, 1.82) is 0 Å². The summed E-state index contributed by atoms with van der Waals surface area (Å²) in [4.78, 5) is 10.2. The third kappa shape index (κ3) is 4.60. The van der Waals surface area contributed by atoms with Crippen LogP contribution in [-0.4, -0.2) is 14.4 Å². The van der Waals surface area contributed by atoms with Crippen molar-refractivity contribution < 1.29 is 4.42 Å². The smallest absolute Gasteiger partial charge is 0.160 e. The Morgan fingerprint density at radius 2 is 0.946 bits per heavy atom. The van der Waals surface area contributed by atoms with Gasteiger partial charge in [0.2, 0.25) is 0 Å². The molecule has 0 aliphatic carbocycles. The van der Waals surface area contributed by atoms with Crippen LogP contribution in [0.3, 0.4) is 0 Å². The molecule has 0 saturated heterocycles. The first-order valence-corrected chi connectivity index (χ1v) is 19.0. The van der Waals surface area contributed by atoms with Crippen molar-refractivity contribution in [2.45, 2.75) is 0 Å². The summed E-state index contributed by atoms with van der Waals surface area (Å²) >= 11 is 0. The normalized spacial score (nSPS) is 11.9. The number of aromatic nitrogens is 3. The summed E-state index contributed by atoms with van der Waals surface area (Å²) in [5.41, 5.74) is 13.9. The molecule has 56 heavy (non-hydrogen) atoms. The van der Waals surface area contributed by atoms with E-state index in [1.54, 1.807) is 0 Å². The minimum atomic E-state index is 0.689. The van der Waals surface area contributed by atoms with Gasteiger partial charge in [-0.15, -0.1) is 0 Å². The van der Waals surface area contributed by atoms with Gasteiger partial charge in [0.25, 0.3) is 0 Å². The summed E-state index contributed by atoms with van der Waals surface area (Å²) in [7, 11) is 0. The second-order valence-corrected chi connectivity index (χ2v) is 14.5. The molecule has 12 rings (SSSR count). The summed E-state index contributed by atoms with van der Waals surface area (Å²) in [5, 5.41) is 8.11. The summed E-state index contributed by atoms with van der Waals surface area (Å²) in [6.07, 6.45) is 0. The molecular formula is C52H31N3O. The number of hydrogen-bond donors (Lipinski definition) is 0. The quantitative estimate of drug-likeness (QED) is 0.171. The predicted molar refractivity (Wildman–Crippen MR) is 232 cm³/mol. The van der Waals surface area contributed by atoms with Crippen LogP contribution < -0.4 is 0 Å². The zero-order chi connectivity index (χ0) is 36.7. The monoisotopic (exact) mass is 713 g/mol. The number of nitrogens with zero attached hydrogens (tertiary/aromatic N) is 3. The van der Waals surface area contributed by atoms with E-state index >= 15 is 0 Å². The first-order valence-electron chi connectivity index (χ1n) is 19.0. The second-order valence-electron chi connectivity index (χ2n) is 14.5. The SMILES string of the molecule is c1ccc(-c2nc(-c3ccc4oc5ccc(-c6ccc7c(-c8ccccc8)c8c9ccccc9c9ccccc9n8c7c6)cc5c4c3)nc3ccccc23)cc1. The largest absolute Gasteiger partial charge is 0.456 e. The standard InChI is InChI=1S/C52H31N3O/c1-3-13-32(14-4-1)49-41-26-23-35(31-46(41)55-45-22-12-10-18-38(45)37-17-7-8-19-39(37)51(49)55)34-24-27-47-42(29-34)43-30-36(25-28-48(43)56-47)52-53-44-21-11-9-20-40(44)50(54-52)33-15-5-2-6-16-33/h1-31H. The van der Waals surface area contributed by atoms with Gasteiger partial charge in [0.1, 0.15) is 11.2 Å². The number of hydrogen-bond acceptors (Lipinski definition) is 3. The van der Waals surface area contributed by atoms with Gasteiger partial charge < -0.3 is 8.82 Å². The van der Waals surface area contributed by atoms with E-state index in [4.69, 9.17) is 14.4 Å². The van der Waals surface area contributed by atoms with Gasteiger partial charge in [-0.05, 0) is 70.6 Å². The molecule has 0 fully saturated rings. The maximum Gasteiger partial charge on any atom is 0.160 e. The molecule has 0 saturated carbocycles. The van der Waals surface area contributed by atoms with Gasteiger partial charge in [-0.2, -0.15) is 0 Å². The van der Waals surface area contributed by atoms with E-state index in [0.717, 1.165) is 60.8 Å². The van der Waals surface area contributed by atoms with Crippen molar-refractivity contribution in [3.63, 3.8) is 0 Å². The van der Waals surface area contributed by atoms with Crippen LogP contribution in [0.5, 0.6) is 0 Å². The van der Waals surface area contributed by atoms with E-state index < -0.39 is 0 Å². The van der Waals surface area contributed by atoms with E-state index in [2.05, 4.69) is 168 Å². The van der Waals surface area contributed by atoms with Crippen LogP contribution in [0.4, 0.5) is 0 Å². The zero-order valence-corrected chi connectivity index (χ0v) is 30.1. The molecule has 4 heterocycles. The summed E-state index contributed by atoms with van der Waals surface area (Å²) in [5.74, 6) is 0.689. The Morgan fingerprint density at radius 3 is 1.73 bits per heavy atom. The molecule has 4 heteroatoms. The van der Waals surface area contributed by atoms with Crippen molar-refractivity contribution in [3.05, 3.63) is 188 Å². The number of rotatable bonds is 4. The van der Waals surface area contributed by atoms with Crippen LogP contribution in [-0.2, 0) is 0 Å². The summed E-state index contributed by atoms with van der Waals surface area (Å²) in [6, 6.07) is 66.7. The Kier molecular flexibility index (Phi) is 6.60. The number of pyridine rings is 1. The molecule has 0 aliphatic heterocycles. The van der Waals surface area contributed by atoms with Crippen LogP contribution in [0.1, 0.15) is 0 Å². The first-order chi connectivity index (χ1) is 27.8. The Morgan fingerprint density at radius 1 is 0.357 bits per heavy atom. The highest BCUT2D eigenvalue weighted by molar-refractivity contribution is 6.22. The molecule has 8 aromatic carbocycles. The minimum absolute atomic E-state index is 0.689. The lowest BCUT2D eigenvalue weighted by atomic mass is 9.97. The third-order valence-electron chi connectivity index (χ3n) is 11.4. The van der Waals surface area contributed by atoms with Crippen LogP contribution >= 0.6 is 0 Å². The highest BCUT2D eigenvalue weighted by Gasteiger charge is 2.20. The molecule has 4 aromatic heterocycles. The summed E-state index contributed by atoms with van der Waals surface area (Å²) < 4.78 is 8.90. The maximum atomic E-state index is 6.42. The van der Waals surface area contributed by atoms with Gasteiger partial charge in [-0.3, -0.25) is 0 Å². The molecule has 0 spiro atoms. The fraction of sp³-hybridized carbons (Fsp3) is 0. The first kappa shape index (κ1) is 30.9. The Balaban J connectivity index is 1.06. The van der Waals surface area contributed by atoms with Gasteiger partial charge >= 0.3 is 0 Å². The molecule has 0 unspecified atom stereocenters. The minimum Gasteiger partial charge on any atom is -0.456 e. The molecule has 12 aromatic rings. The van der Waals surface area contributed by atoms with Crippen LogP contribution in [0.15, 0.2) is 192 Å². The van der Waals surface area contributed by atoms with Crippen molar-refractivity contribution >= 4 is 70.9 Å². The molecule has 0 radical (unpaired) electrons. The van der Waals surface area contributed by atoms with E-state index in [-0.39, 0.29) is 0 Å². The van der Waals surface area contributed by atoms with Gasteiger partial charge in [-0.1, -0.05) is 140 Å². The van der Waals surface area contributed by atoms with Gasteiger partial charge in [0.05, 0.1) is 27.8 Å². The summed E-state index contributed by atoms with van der Waals surface area (Å²) in [6.45, 7) is 0. The molecule has 0 aliphatic rings. The highest BCUT2D eigenvalue weighted by atomic mass is 16.3. The number of para-hydroxylation sites is 2. The Bertz CT molecular complexity index is 3530. The predicted octanol–water partition coefficient (Wildman–Crippen LogP) is 13.9. The molecule has 0 bridgehead atoms. The van der Waals surface area contributed by atoms with Crippen molar-refractivity contribution in [2.24, 2.45) is 0 Å². The van der Waals surface area contributed by atoms with E-state index in [9.17, 15) is 0 Å². The molecular weight excluding hydrogens is 683 g/mol. The third-order valence-corrected chi connectivity index (χ3v) is 11.4. The van der Waals surface area contributed by atoms with Crippen molar-refractivity contribution in [3.8, 4) is 44.9 Å². The average molecular weight is 714 g/mol. The molecule has 0 amide bonds. The Labute approximate surface area is 321 Å². The molecule has 0 atom stereocenters. The number of furan rings is 1. The molecule has 4 nitrogen and oxygen atoms in total. The molecule has 260 valence electrons. The number of fused-ring (bicyclic) bond motifs is 12. The average Bonchev–Trinajstić information content (AvgIpc) is 3.82. The lowest BCUT2D eigenvalue weighted by Gasteiger charge is -2.11. The van der Waals surface area contributed by atoms with E-state index in [1.807, 2.05) is 24.3 Å². The van der Waals surface area contributed by atoms with Crippen molar-refractivity contribution in [2.75, 3.05) is 0 Å². The fourth-order valence-corrected chi connectivity index (χ4v) is 8.81. The lowest BCUT2D eigenvalue weighted by Crippen LogP contribution is -1.95. The maximum absolute atomic E-state index is 6.42. The zero-order valence-electron chi connectivity index (χ0n) is 30.1. The second kappa shape index (κ2) is 12.0. The van der Waals surface area contributed by atoms with Gasteiger partial charge in [0, 0.05) is 49.0 Å².